The van der Waals surface area contributed by atoms with Crippen LogP contribution in [0.3, 0.4) is 0 Å². The van der Waals surface area contributed by atoms with Crippen LogP contribution in [-0.2, 0) is 0 Å². The zero-order chi connectivity index (χ0) is 10.8. The number of aromatic hydroxyl groups is 1. The summed E-state index contributed by atoms with van der Waals surface area (Å²) in [5.41, 5.74) is 6.80. The largest absolute Gasteiger partial charge is 0.508 e. The molecule has 0 aliphatic rings. The molecule has 0 unspecified atom stereocenters. The Labute approximate surface area is 100 Å². The SMILES string of the molecule is N[C@H](c1cccs1)c1ccc(Br)cc1O. The number of nitrogens with two attached hydrogens (primary N) is 1. The van der Waals surface area contributed by atoms with Gasteiger partial charge in [0.25, 0.3) is 0 Å². The highest BCUT2D eigenvalue weighted by molar-refractivity contribution is 9.10. The van der Waals surface area contributed by atoms with Crippen molar-refractivity contribution in [1.29, 1.82) is 0 Å². The zero-order valence-electron chi connectivity index (χ0n) is 7.85. The van der Waals surface area contributed by atoms with Crippen molar-refractivity contribution >= 4 is 27.3 Å². The van der Waals surface area contributed by atoms with E-state index < -0.39 is 0 Å². The second-order valence-electron chi connectivity index (χ2n) is 3.20. The molecule has 1 atom stereocenters. The summed E-state index contributed by atoms with van der Waals surface area (Å²) in [5, 5.41) is 11.7. The van der Waals surface area contributed by atoms with Crippen LogP contribution in [0.5, 0.6) is 5.75 Å². The van der Waals surface area contributed by atoms with E-state index in [9.17, 15) is 5.11 Å². The molecule has 0 aliphatic heterocycles. The lowest BCUT2D eigenvalue weighted by molar-refractivity contribution is 0.465. The van der Waals surface area contributed by atoms with E-state index in [1.165, 1.54) is 0 Å². The summed E-state index contributed by atoms with van der Waals surface area (Å²) in [7, 11) is 0. The normalized spacial score (nSPS) is 12.7. The molecule has 1 aromatic carbocycles. The third-order valence-electron chi connectivity index (χ3n) is 2.18. The average molecular weight is 284 g/mol. The Hall–Kier alpha value is -0.840. The van der Waals surface area contributed by atoms with E-state index in [4.69, 9.17) is 5.73 Å². The first-order chi connectivity index (χ1) is 7.18. The first kappa shape index (κ1) is 10.7. The van der Waals surface area contributed by atoms with Crippen molar-refractivity contribution in [2.75, 3.05) is 0 Å². The van der Waals surface area contributed by atoms with E-state index in [0.29, 0.717) is 0 Å². The number of halogens is 1. The van der Waals surface area contributed by atoms with E-state index in [0.717, 1.165) is 14.9 Å². The Bertz CT molecular complexity index is 456. The summed E-state index contributed by atoms with van der Waals surface area (Å²) in [5.74, 6) is 0.227. The number of hydrogen-bond donors (Lipinski definition) is 2. The van der Waals surface area contributed by atoms with Gasteiger partial charge in [0, 0.05) is 14.9 Å². The Balaban J connectivity index is 2.38. The third-order valence-corrected chi connectivity index (χ3v) is 3.63. The summed E-state index contributed by atoms with van der Waals surface area (Å²) < 4.78 is 0.849. The predicted octanol–water partition coefficient (Wildman–Crippen LogP) is 3.26. The maximum atomic E-state index is 9.76. The van der Waals surface area contributed by atoms with Gasteiger partial charge in [-0.3, -0.25) is 0 Å². The van der Waals surface area contributed by atoms with Gasteiger partial charge in [-0.2, -0.15) is 0 Å². The third kappa shape index (κ3) is 2.22. The minimum absolute atomic E-state index is 0.227. The molecule has 15 heavy (non-hydrogen) atoms. The first-order valence-electron chi connectivity index (χ1n) is 4.46. The average Bonchev–Trinajstić information content (AvgIpc) is 2.69. The molecule has 78 valence electrons. The van der Waals surface area contributed by atoms with Crippen molar-refractivity contribution in [2.24, 2.45) is 5.73 Å². The number of hydrogen-bond acceptors (Lipinski definition) is 3. The highest BCUT2D eigenvalue weighted by atomic mass is 79.9. The van der Waals surface area contributed by atoms with Crippen LogP contribution in [-0.4, -0.2) is 5.11 Å². The van der Waals surface area contributed by atoms with Crippen LogP contribution in [0.2, 0.25) is 0 Å². The van der Waals surface area contributed by atoms with E-state index in [-0.39, 0.29) is 11.8 Å². The molecule has 2 nitrogen and oxygen atoms in total. The first-order valence-corrected chi connectivity index (χ1v) is 6.13. The smallest absolute Gasteiger partial charge is 0.121 e. The van der Waals surface area contributed by atoms with Gasteiger partial charge in [0.2, 0.25) is 0 Å². The van der Waals surface area contributed by atoms with Crippen LogP contribution in [0.25, 0.3) is 0 Å². The van der Waals surface area contributed by atoms with Gasteiger partial charge in [-0.25, -0.2) is 0 Å². The fourth-order valence-electron chi connectivity index (χ4n) is 1.40. The van der Waals surface area contributed by atoms with Gasteiger partial charge < -0.3 is 10.8 Å². The monoisotopic (exact) mass is 283 g/mol. The van der Waals surface area contributed by atoms with Gasteiger partial charge in [0.05, 0.1) is 6.04 Å². The van der Waals surface area contributed by atoms with Crippen LogP contribution in [0.15, 0.2) is 40.2 Å². The van der Waals surface area contributed by atoms with Crippen molar-refractivity contribution < 1.29 is 5.11 Å². The van der Waals surface area contributed by atoms with Crippen molar-refractivity contribution in [3.05, 3.63) is 50.6 Å². The summed E-state index contributed by atoms with van der Waals surface area (Å²) in [4.78, 5) is 1.05. The number of rotatable bonds is 2. The zero-order valence-corrected chi connectivity index (χ0v) is 10.3. The van der Waals surface area contributed by atoms with Gasteiger partial charge >= 0.3 is 0 Å². The molecular formula is C11H10BrNOS. The molecule has 4 heteroatoms. The van der Waals surface area contributed by atoms with Crippen LogP contribution in [0.1, 0.15) is 16.5 Å². The lowest BCUT2D eigenvalue weighted by Gasteiger charge is -2.11. The summed E-state index contributed by atoms with van der Waals surface area (Å²) in [6, 6.07) is 9.04. The molecule has 0 saturated heterocycles. The van der Waals surface area contributed by atoms with Crippen molar-refractivity contribution in [1.82, 2.24) is 0 Å². The highest BCUT2D eigenvalue weighted by Gasteiger charge is 2.13. The number of benzene rings is 1. The Kier molecular flexibility index (Phi) is 3.09. The van der Waals surface area contributed by atoms with Crippen molar-refractivity contribution in [2.45, 2.75) is 6.04 Å². The van der Waals surface area contributed by atoms with Crippen LogP contribution in [0, 0.1) is 0 Å². The summed E-state index contributed by atoms with van der Waals surface area (Å²) in [6.07, 6.45) is 0. The minimum Gasteiger partial charge on any atom is -0.508 e. The maximum Gasteiger partial charge on any atom is 0.121 e. The Morgan fingerprint density at radius 1 is 1.33 bits per heavy atom. The van der Waals surface area contributed by atoms with Gasteiger partial charge in [-0.15, -0.1) is 11.3 Å². The van der Waals surface area contributed by atoms with Crippen LogP contribution < -0.4 is 5.73 Å². The van der Waals surface area contributed by atoms with Gasteiger partial charge in [-0.05, 0) is 23.6 Å². The van der Waals surface area contributed by atoms with Crippen LogP contribution in [0.4, 0.5) is 0 Å². The molecule has 0 spiro atoms. The molecule has 2 rings (SSSR count). The van der Waals surface area contributed by atoms with Crippen molar-refractivity contribution in [3.8, 4) is 5.75 Å². The fraction of sp³-hybridized carbons (Fsp3) is 0.0909. The summed E-state index contributed by atoms with van der Waals surface area (Å²) >= 11 is 4.89. The maximum absolute atomic E-state index is 9.76. The second kappa shape index (κ2) is 4.35. The van der Waals surface area contributed by atoms with E-state index in [2.05, 4.69) is 15.9 Å². The quantitative estimate of drug-likeness (QED) is 0.889. The Morgan fingerprint density at radius 3 is 2.73 bits per heavy atom. The number of thiophene rings is 1. The molecule has 0 amide bonds. The van der Waals surface area contributed by atoms with Crippen LogP contribution >= 0.6 is 27.3 Å². The van der Waals surface area contributed by atoms with E-state index >= 15 is 0 Å². The fourth-order valence-corrected chi connectivity index (χ4v) is 2.50. The highest BCUT2D eigenvalue weighted by Crippen LogP contribution is 2.31. The molecule has 0 radical (unpaired) electrons. The molecule has 0 fully saturated rings. The second-order valence-corrected chi connectivity index (χ2v) is 5.09. The molecule has 3 N–H and O–H groups in total. The van der Waals surface area contributed by atoms with Crippen molar-refractivity contribution in [3.63, 3.8) is 0 Å². The molecule has 0 bridgehead atoms. The number of phenols is 1. The molecule has 2 aromatic rings. The minimum atomic E-state index is -0.252. The molecule has 0 aliphatic carbocycles. The Morgan fingerprint density at radius 2 is 2.13 bits per heavy atom. The molecule has 1 aromatic heterocycles. The lowest BCUT2D eigenvalue weighted by atomic mass is 10.1. The molecule has 0 saturated carbocycles. The molecular weight excluding hydrogens is 274 g/mol. The van der Waals surface area contributed by atoms with Gasteiger partial charge in [0.15, 0.2) is 0 Å². The summed E-state index contributed by atoms with van der Waals surface area (Å²) in [6.45, 7) is 0. The predicted molar refractivity (Wildman–Crippen MR) is 66.2 cm³/mol. The van der Waals surface area contributed by atoms with E-state index in [1.54, 1.807) is 17.4 Å². The van der Waals surface area contributed by atoms with E-state index in [1.807, 2.05) is 29.6 Å². The topological polar surface area (TPSA) is 46.2 Å². The lowest BCUT2D eigenvalue weighted by Crippen LogP contribution is -2.10. The standard InChI is InChI=1S/C11H10BrNOS/c12-7-3-4-8(9(14)6-7)11(13)10-2-1-5-15-10/h1-6,11,14H,13H2/t11-/m0/s1. The van der Waals surface area contributed by atoms with Gasteiger partial charge in [-0.1, -0.05) is 28.1 Å². The molecule has 1 heterocycles. The van der Waals surface area contributed by atoms with Gasteiger partial charge in [0.1, 0.15) is 5.75 Å². The number of phenolic OH excluding ortho intramolecular Hbond substituents is 1.